The molecule has 23 heavy (non-hydrogen) atoms. The average Bonchev–Trinajstić information content (AvgIpc) is 2.59. The average molecular weight is 322 g/mol. The fourth-order valence-electron chi connectivity index (χ4n) is 1.97. The van der Waals surface area contributed by atoms with Crippen LogP contribution in [0.5, 0.6) is 5.88 Å². The summed E-state index contributed by atoms with van der Waals surface area (Å²) >= 11 is 0. The van der Waals surface area contributed by atoms with Crippen LogP contribution in [0, 0.1) is 0 Å². The lowest BCUT2D eigenvalue weighted by Crippen LogP contribution is -2.37. The molecule has 0 saturated heterocycles. The summed E-state index contributed by atoms with van der Waals surface area (Å²) in [6.45, 7) is 7.88. The van der Waals surface area contributed by atoms with Gasteiger partial charge in [0.2, 0.25) is 5.88 Å². The Morgan fingerprint density at radius 3 is 2.83 bits per heavy atom. The normalized spacial score (nSPS) is 11.3. The van der Waals surface area contributed by atoms with Crippen molar-refractivity contribution in [2.24, 2.45) is 4.99 Å². The molecule has 0 atom stereocenters. The Labute approximate surface area is 139 Å². The highest BCUT2D eigenvalue weighted by atomic mass is 16.5. The summed E-state index contributed by atoms with van der Waals surface area (Å²) in [6, 6.07) is 3.93. The molecule has 6 heteroatoms. The number of guanidine groups is 1. The number of aromatic nitrogens is 1. The standard InChI is InChI=1S/C17H30N4O2/c1-4-12-23-16-15(9-8-11-19-16)14-21-17(18-3)20-10-6-7-13-22-5-2/h8-9,11H,4-7,10,12-14H2,1-3H3,(H2,18,20,21). The lowest BCUT2D eigenvalue weighted by molar-refractivity contribution is 0.143. The highest BCUT2D eigenvalue weighted by Crippen LogP contribution is 2.14. The third-order valence-corrected chi connectivity index (χ3v) is 3.17. The molecule has 1 aromatic rings. The second-order valence-corrected chi connectivity index (χ2v) is 5.07. The first kappa shape index (κ1) is 19.2. The molecule has 1 aromatic heterocycles. The molecule has 130 valence electrons. The predicted octanol–water partition coefficient (Wildman–Crippen LogP) is 2.35. The van der Waals surface area contributed by atoms with E-state index >= 15 is 0 Å². The monoisotopic (exact) mass is 322 g/mol. The molecular weight excluding hydrogens is 292 g/mol. The van der Waals surface area contributed by atoms with E-state index in [1.165, 1.54) is 0 Å². The van der Waals surface area contributed by atoms with Gasteiger partial charge in [-0.25, -0.2) is 4.98 Å². The molecule has 1 heterocycles. The van der Waals surface area contributed by atoms with E-state index in [1.807, 2.05) is 19.1 Å². The van der Waals surface area contributed by atoms with Crippen molar-refractivity contribution in [3.8, 4) is 5.88 Å². The third-order valence-electron chi connectivity index (χ3n) is 3.17. The molecule has 0 radical (unpaired) electrons. The van der Waals surface area contributed by atoms with Crippen LogP contribution < -0.4 is 15.4 Å². The molecule has 0 aliphatic heterocycles. The molecule has 0 saturated carbocycles. The number of nitrogens with zero attached hydrogens (tertiary/aromatic N) is 2. The summed E-state index contributed by atoms with van der Waals surface area (Å²) in [5.74, 6) is 1.47. The van der Waals surface area contributed by atoms with Crippen LogP contribution in [0.2, 0.25) is 0 Å². The number of pyridine rings is 1. The van der Waals surface area contributed by atoms with E-state index in [0.717, 1.165) is 50.5 Å². The molecule has 0 bridgehead atoms. The van der Waals surface area contributed by atoms with E-state index in [4.69, 9.17) is 9.47 Å². The van der Waals surface area contributed by atoms with E-state index in [9.17, 15) is 0 Å². The fourth-order valence-corrected chi connectivity index (χ4v) is 1.97. The SMILES string of the molecule is CCCOc1ncccc1CNC(=NC)NCCCCOCC. The van der Waals surface area contributed by atoms with Gasteiger partial charge in [0.1, 0.15) is 0 Å². The molecule has 0 spiro atoms. The largest absolute Gasteiger partial charge is 0.477 e. The number of hydrogen-bond acceptors (Lipinski definition) is 4. The van der Waals surface area contributed by atoms with Crippen LogP contribution in [0.3, 0.4) is 0 Å². The number of unbranched alkanes of at least 4 members (excludes halogenated alkanes) is 1. The van der Waals surface area contributed by atoms with E-state index in [0.29, 0.717) is 19.0 Å². The Hall–Kier alpha value is -1.82. The Bertz CT molecular complexity index is 452. The molecule has 0 unspecified atom stereocenters. The quantitative estimate of drug-likeness (QED) is 0.372. The Balaban J connectivity index is 2.34. The van der Waals surface area contributed by atoms with E-state index in [1.54, 1.807) is 13.2 Å². The maximum atomic E-state index is 5.66. The highest BCUT2D eigenvalue weighted by molar-refractivity contribution is 5.79. The minimum Gasteiger partial charge on any atom is -0.477 e. The first-order chi connectivity index (χ1) is 11.3. The zero-order valence-corrected chi connectivity index (χ0v) is 14.6. The van der Waals surface area contributed by atoms with E-state index in [2.05, 4.69) is 27.5 Å². The zero-order chi connectivity index (χ0) is 16.8. The summed E-state index contributed by atoms with van der Waals surface area (Å²) in [4.78, 5) is 8.52. The summed E-state index contributed by atoms with van der Waals surface area (Å²) in [7, 11) is 1.77. The Morgan fingerprint density at radius 1 is 1.22 bits per heavy atom. The zero-order valence-electron chi connectivity index (χ0n) is 14.6. The van der Waals surface area contributed by atoms with Crippen molar-refractivity contribution in [2.75, 3.05) is 33.4 Å². The predicted molar refractivity (Wildman–Crippen MR) is 94.0 cm³/mol. The summed E-state index contributed by atoms with van der Waals surface area (Å²) < 4.78 is 11.0. The number of rotatable bonds is 11. The molecule has 0 aliphatic rings. The smallest absolute Gasteiger partial charge is 0.218 e. The highest BCUT2D eigenvalue weighted by Gasteiger charge is 2.05. The van der Waals surface area contributed by atoms with Crippen molar-refractivity contribution in [2.45, 2.75) is 39.7 Å². The summed E-state index contributed by atoms with van der Waals surface area (Å²) in [5.41, 5.74) is 1.03. The lowest BCUT2D eigenvalue weighted by Gasteiger charge is -2.14. The van der Waals surface area contributed by atoms with Gasteiger partial charge in [-0.15, -0.1) is 0 Å². The molecular formula is C17H30N4O2. The van der Waals surface area contributed by atoms with Crippen LogP contribution >= 0.6 is 0 Å². The molecule has 6 nitrogen and oxygen atoms in total. The minimum atomic E-state index is 0.630. The maximum absolute atomic E-state index is 5.66. The molecule has 0 fully saturated rings. The van der Waals surface area contributed by atoms with Crippen LogP contribution in [0.15, 0.2) is 23.3 Å². The van der Waals surface area contributed by atoms with Crippen LogP contribution in [-0.4, -0.2) is 44.4 Å². The fraction of sp³-hybridized carbons (Fsp3) is 0.647. The van der Waals surface area contributed by atoms with Gasteiger partial charge in [0, 0.05) is 45.1 Å². The first-order valence-electron chi connectivity index (χ1n) is 8.40. The molecule has 0 aromatic carbocycles. The van der Waals surface area contributed by atoms with E-state index in [-0.39, 0.29) is 0 Å². The van der Waals surface area contributed by atoms with Gasteiger partial charge in [0.05, 0.1) is 6.61 Å². The van der Waals surface area contributed by atoms with Crippen molar-refractivity contribution in [1.29, 1.82) is 0 Å². The van der Waals surface area contributed by atoms with Gasteiger partial charge in [0.15, 0.2) is 5.96 Å². The van der Waals surface area contributed by atoms with Crippen LogP contribution in [-0.2, 0) is 11.3 Å². The van der Waals surface area contributed by atoms with Crippen molar-refractivity contribution < 1.29 is 9.47 Å². The van der Waals surface area contributed by atoms with Gasteiger partial charge in [-0.3, -0.25) is 4.99 Å². The van der Waals surface area contributed by atoms with Crippen molar-refractivity contribution in [3.63, 3.8) is 0 Å². The van der Waals surface area contributed by atoms with Gasteiger partial charge >= 0.3 is 0 Å². The topological polar surface area (TPSA) is 67.8 Å². The number of hydrogen-bond donors (Lipinski definition) is 2. The number of ether oxygens (including phenoxy) is 2. The van der Waals surface area contributed by atoms with Gasteiger partial charge in [-0.1, -0.05) is 13.0 Å². The van der Waals surface area contributed by atoms with Gasteiger partial charge in [-0.05, 0) is 32.3 Å². The molecule has 1 rings (SSSR count). The van der Waals surface area contributed by atoms with Gasteiger partial charge in [0.25, 0.3) is 0 Å². The van der Waals surface area contributed by atoms with Crippen molar-refractivity contribution in [1.82, 2.24) is 15.6 Å². The molecule has 0 aliphatic carbocycles. The van der Waals surface area contributed by atoms with Crippen LogP contribution in [0.1, 0.15) is 38.7 Å². The van der Waals surface area contributed by atoms with E-state index < -0.39 is 0 Å². The molecule has 0 amide bonds. The van der Waals surface area contributed by atoms with Gasteiger partial charge in [-0.2, -0.15) is 0 Å². The van der Waals surface area contributed by atoms with Crippen LogP contribution in [0.4, 0.5) is 0 Å². The number of aliphatic imine (C=N–C) groups is 1. The second-order valence-electron chi connectivity index (χ2n) is 5.07. The summed E-state index contributed by atoms with van der Waals surface area (Å²) in [6.07, 6.45) is 4.82. The number of nitrogens with one attached hydrogen (secondary N) is 2. The first-order valence-corrected chi connectivity index (χ1v) is 8.40. The Kier molecular flexibility index (Phi) is 10.6. The molecule has 2 N–H and O–H groups in total. The van der Waals surface area contributed by atoms with Crippen LogP contribution in [0.25, 0.3) is 0 Å². The van der Waals surface area contributed by atoms with Gasteiger partial charge < -0.3 is 20.1 Å². The third kappa shape index (κ3) is 8.40. The maximum Gasteiger partial charge on any atom is 0.218 e. The van der Waals surface area contributed by atoms with Crippen molar-refractivity contribution >= 4 is 5.96 Å². The Morgan fingerprint density at radius 2 is 2.09 bits per heavy atom. The lowest BCUT2D eigenvalue weighted by atomic mass is 10.2. The summed E-state index contributed by atoms with van der Waals surface area (Å²) in [5, 5.41) is 6.59. The second kappa shape index (κ2) is 12.7. The minimum absolute atomic E-state index is 0.630. The van der Waals surface area contributed by atoms with Crippen molar-refractivity contribution in [3.05, 3.63) is 23.9 Å².